The number of hydrogen-bond donors (Lipinski definition) is 0. The van der Waals surface area contributed by atoms with Crippen LogP contribution in [0.2, 0.25) is 0 Å². The van der Waals surface area contributed by atoms with Crippen molar-refractivity contribution in [3.63, 3.8) is 0 Å². The van der Waals surface area contributed by atoms with Gasteiger partial charge in [0.05, 0.1) is 11.3 Å². The third-order valence-corrected chi connectivity index (χ3v) is 3.72. The molecule has 2 amide bonds. The molecule has 0 aliphatic carbocycles. The first-order valence-electron chi connectivity index (χ1n) is 7.96. The molecular weight excluding hydrogens is 322 g/mol. The van der Waals surface area contributed by atoms with Gasteiger partial charge in [-0.2, -0.15) is 0 Å². The van der Waals surface area contributed by atoms with Crippen molar-refractivity contribution in [2.75, 3.05) is 18.1 Å². The molecule has 0 radical (unpaired) electrons. The van der Waals surface area contributed by atoms with Crippen molar-refractivity contribution in [3.05, 3.63) is 60.2 Å². The molecule has 6 nitrogen and oxygen atoms in total. The minimum absolute atomic E-state index is 0.0968. The molecular formula is C19H17NO5. The van der Waals surface area contributed by atoms with Crippen LogP contribution in [0.3, 0.4) is 0 Å². The zero-order chi connectivity index (χ0) is 17.6. The second-order valence-corrected chi connectivity index (χ2v) is 5.47. The van der Waals surface area contributed by atoms with Crippen LogP contribution in [0.1, 0.15) is 23.2 Å². The molecule has 0 bridgehead atoms. The van der Waals surface area contributed by atoms with Crippen LogP contribution in [0.5, 0.6) is 5.75 Å². The summed E-state index contributed by atoms with van der Waals surface area (Å²) < 4.78 is 10.6. The molecule has 128 valence electrons. The van der Waals surface area contributed by atoms with E-state index in [9.17, 15) is 14.4 Å². The molecule has 1 heterocycles. The lowest BCUT2D eigenvalue weighted by molar-refractivity contribution is -0.121. The molecule has 2 aromatic carbocycles. The van der Waals surface area contributed by atoms with Gasteiger partial charge in [-0.3, -0.25) is 14.5 Å². The Bertz CT molecular complexity index is 771. The number of rotatable bonds is 6. The average Bonchev–Trinajstić information content (AvgIpc) is 2.98. The Hall–Kier alpha value is -3.15. The predicted molar refractivity (Wildman–Crippen MR) is 90.4 cm³/mol. The zero-order valence-electron chi connectivity index (χ0n) is 13.5. The van der Waals surface area contributed by atoms with E-state index in [4.69, 9.17) is 9.47 Å². The Morgan fingerprint density at radius 1 is 0.920 bits per heavy atom. The maximum Gasteiger partial charge on any atom is 0.338 e. The highest BCUT2D eigenvalue weighted by Crippen LogP contribution is 2.23. The Balaban J connectivity index is 1.56. The first-order valence-corrected chi connectivity index (χ1v) is 7.96. The Kier molecular flexibility index (Phi) is 5.09. The Morgan fingerprint density at radius 2 is 1.64 bits per heavy atom. The first-order chi connectivity index (χ1) is 12.1. The van der Waals surface area contributed by atoms with Crippen LogP contribution in [-0.2, 0) is 14.3 Å². The van der Waals surface area contributed by atoms with Gasteiger partial charge >= 0.3 is 5.97 Å². The third-order valence-electron chi connectivity index (χ3n) is 3.72. The van der Waals surface area contributed by atoms with Crippen LogP contribution in [-0.4, -0.2) is 31.0 Å². The molecule has 0 spiro atoms. The van der Waals surface area contributed by atoms with Gasteiger partial charge in [0.2, 0.25) is 11.8 Å². The summed E-state index contributed by atoms with van der Waals surface area (Å²) in [5.74, 6) is -0.345. The number of anilines is 1. The number of carbonyl (C=O) groups excluding carboxylic acids is 3. The monoisotopic (exact) mass is 339 g/mol. The summed E-state index contributed by atoms with van der Waals surface area (Å²) in [6, 6.07) is 15.5. The minimum atomic E-state index is -0.530. The fraction of sp³-hybridized carbons (Fsp3) is 0.211. The van der Waals surface area contributed by atoms with E-state index in [-0.39, 0.29) is 43.4 Å². The topological polar surface area (TPSA) is 72.9 Å². The van der Waals surface area contributed by atoms with Crippen molar-refractivity contribution < 1.29 is 23.9 Å². The second kappa shape index (κ2) is 7.61. The Morgan fingerprint density at radius 3 is 2.36 bits per heavy atom. The van der Waals surface area contributed by atoms with E-state index in [1.807, 2.05) is 30.3 Å². The highest BCUT2D eigenvalue weighted by Gasteiger charge is 2.30. The summed E-state index contributed by atoms with van der Waals surface area (Å²) in [5.41, 5.74) is 0.673. The summed E-state index contributed by atoms with van der Waals surface area (Å²) in [7, 11) is 0. The van der Waals surface area contributed by atoms with Crippen LogP contribution < -0.4 is 9.64 Å². The van der Waals surface area contributed by atoms with E-state index in [1.165, 1.54) is 6.07 Å². The van der Waals surface area contributed by atoms with Crippen molar-refractivity contribution in [3.8, 4) is 5.75 Å². The van der Waals surface area contributed by atoms with Gasteiger partial charge in [-0.1, -0.05) is 24.3 Å². The van der Waals surface area contributed by atoms with Crippen molar-refractivity contribution in [1.82, 2.24) is 0 Å². The van der Waals surface area contributed by atoms with E-state index >= 15 is 0 Å². The van der Waals surface area contributed by atoms with Gasteiger partial charge < -0.3 is 9.47 Å². The van der Waals surface area contributed by atoms with Crippen molar-refractivity contribution in [2.24, 2.45) is 0 Å². The number of carbonyl (C=O) groups is 3. The maximum absolute atomic E-state index is 12.1. The minimum Gasteiger partial charge on any atom is -0.490 e. The molecule has 0 saturated carbocycles. The average molecular weight is 339 g/mol. The van der Waals surface area contributed by atoms with E-state index in [1.54, 1.807) is 18.2 Å². The first kappa shape index (κ1) is 16.7. The summed E-state index contributed by atoms with van der Waals surface area (Å²) in [4.78, 5) is 36.8. The zero-order valence-corrected chi connectivity index (χ0v) is 13.5. The summed E-state index contributed by atoms with van der Waals surface area (Å²) in [6.07, 6.45) is 0.397. The van der Waals surface area contributed by atoms with Crippen molar-refractivity contribution in [2.45, 2.75) is 12.8 Å². The SMILES string of the molecule is O=C(OCCOc1ccccc1)c1cccc(N2C(=O)CCC2=O)c1. The standard InChI is InChI=1S/C19H17NO5/c21-17-9-10-18(22)20(17)15-6-4-5-14(13-15)19(23)25-12-11-24-16-7-2-1-3-8-16/h1-8,13H,9-12H2. The van der Waals surface area contributed by atoms with Gasteiger partial charge in [0, 0.05) is 12.8 Å². The molecule has 0 unspecified atom stereocenters. The fourth-order valence-electron chi connectivity index (χ4n) is 2.53. The Labute approximate surface area is 145 Å². The highest BCUT2D eigenvalue weighted by molar-refractivity contribution is 6.20. The van der Waals surface area contributed by atoms with Crippen LogP contribution in [0.4, 0.5) is 5.69 Å². The lowest BCUT2D eigenvalue weighted by atomic mass is 10.2. The normalized spacial score (nSPS) is 13.8. The number of amides is 2. The number of ether oxygens (including phenoxy) is 2. The number of para-hydroxylation sites is 1. The van der Waals surface area contributed by atoms with E-state index in [2.05, 4.69) is 0 Å². The highest BCUT2D eigenvalue weighted by atomic mass is 16.6. The van der Waals surface area contributed by atoms with E-state index < -0.39 is 5.97 Å². The number of imide groups is 1. The lowest BCUT2D eigenvalue weighted by Gasteiger charge is -2.14. The van der Waals surface area contributed by atoms with Crippen LogP contribution in [0.25, 0.3) is 0 Å². The number of hydrogen-bond acceptors (Lipinski definition) is 5. The second-order valence-electron chi connectivity index (χ2n) is 5.47. The predicted octanol–water partition coefficient (Wildman–Crippen LogP) is 2.58. The molecule has 0 N–H and O–H groups in total. The lowest BCUT2D eigenvalue weighted by Crippen LogP contribution is -2.28. The van der Waals surface area contributed by atoms with E-state index in [0.29, 0.717) is 11.4 Å². The summed E-state index contributed by atoms with van der Waals surface area (Å²) in [5, 5.41) is 0. The maximum atomic E-state index is 12.1. The number of benzene rings is 2. The van der Waals surface area contributed by atoms with Gasteiger partial charge in [-0.05, 0) is 30.3 Å². The summed E-state index contributed by atoms with van der Waals surface area (Å²) in [6.45, 7) is 0.331. The molecule has 6 heteroatoms. The molecule has 25 heavy (non-hydrogen) atoms. The third kappa shape index (κ3) is 4.03. The smallest absolute Gasteiger partial charge is 0.338 e. The largest absolute Gasteiger partial charge is 0.490 e. The summed E-state index contributed by atoms with van der Waals surface area (Å²) >= 11 is 0. The van der Waals surface area contributed by atoms with Gasteiger partial charge in [0.15, 0.2) is 0 Å². The molecule has 0 aromatic heterocycles. The van der Waals surface area contributed by atoms with Gasteiger partial charge in [-0.25, -0.2) is 4.79 Å². The van der Waals surface area contributed by atoms with Crippen LogP contribution in [0, 0.1) is 0 Å². The van der Waals surface area contributed by atoms with Crippen LogP contribution in [0.15, 0.2) is 54.6 Å². The fourth-order valence-corrected chi connectivity index (χ4v) is 2.53. The van der Waals surface area contributed by atoms with Gasteiger partial charge in [0.25, 0.3) is 0 Å². The quantitative estimate of drug-likeness (QED) is 0.459. The molecule has 2 aromatic rings. The van der Waals surface area contributed by atoms with Gasteiger partial charge in [-0.15, -0.1) is 0 Å². The van der Waals surface area contributed by atoms with E-state index in [0.717, 1.165) is 4.90 Å². The number of nitrogens with zero attached hydrogens (tertiary/aromatic N) is 1. The van der Waals surface area contributed by atoms with Gasteiger partial charge in [0.1, 0.15) is 19.0 Å². The number of esters is 1. The molecule has 1 fully saturated rings. The van der Waals surface area contributed by atoms with Crippen LogP contribution >= 0.6 is 0 Å². The molecule has 1 aliphatic rings. The molecule has 0 atom stereocenters. The van der Waals surface area contributed by atoms with Crippen molar-refractivity contribution >= 4 is 23.5 Å². The molecule has 1 aliphatic heterocycles. The van der Waals surface area contributed by atoms with Crippen molar-refractivity contribution in [1.29, 1.82) is 0 Å². The molecule has 3 rings (SSSR count). The molecule has 1 saturated heterocycles.